The van der Waals surface area contributed by atoms with Gasteiger partial charge in [-0.25, -0.2) is 0 Å². The summed E-state index contributed by atoms with van der Waals surface area (Å²) in [5.74, 6) is 5.71. The van der Waals surface area contributed by atoms with Gasteiger partial charge in [0.1, 0.15) is 0 Å². The molecule has 0 bridgehead atoms. The van der Waals surface area contributed by atoms with Crippen molar-refractivity contribution in [3.8, 4) is 11.8 Å². The second-order valence-corrected chi connectivity index (χ2v) is 5.18. The number of unbranched alkanes of at least 4 members (excludes halogenated alkanes) is 6. The van der Waals surface area contributed by atoms with E-state index in [4.69, 9.17) is 5.11 Å². The van der Waals surface area contributed by atoms with E-state index < -0.39 is 5.97 Å². The lowest BCUT2D eigenvalue weighted by atomic mass is 10.1. The first-order chi connectivity index (χ1) is 9.68. The molecule has 1 rings (SSSR count). The molecule has 2 nitrogen and oxygen atoms in total. The third-order valence-electron chi connectivity index (χ3n) is 3.23. The maximum atomic E-state index is 10.3. The first-order valence-corrected chi connectivity index (χ1v) is 7.46. The fraction of sp³-hybridized carbons (Fsp3) is 0.500. The van der Waals surface area contributed by atoms with Crippen LogP contribution in [0.15, 0.2) is 24.3 Å². The molecule has 0 aliphatic rings. The highest BCUT2D eigenvalue weighted by molar-refractivity contribution is 5.66. The normalized spacial score (nSPS) is 9.85. The Bertz CT molecular complexity index is 449. The molecule has 0 atom stereocenters. The summed E-state index contributed by atoms with van der Waals surface area (Å²) in [6, 6.07) is 8.29. The number of hydrogen-bond acceptors (Lipinski definition) is 1. The van der Waals surface area contributed by atoms with Crippen LogP contribution in [-0.2, 0) is 4.79 Å². The van der Waals surface area contributed by atoms with Crippen LogP contribution in [0.4, 0.5) is 0 Å². The van der Waals surface area contributed by atoms with E-state index in [1.54, 1.807) is 0 Å². The second-order valence-electron chi connectivity index (χ2n) is 5.18. The van der Waals surface area contributed by atoms with Crippen molar-refractivity contribution in [2.45, 2.75) is 58.3 Å². The summed E-state index contributed by atoms with van der Waals surface area (Å²) < 4.78 is 0. The van der Waals surface area contributed by atoms with Crippen molar-refractivity contribution in [3.05, 3.63) is 35.4 Å². The van der Waals surface area contributed by atoms with Gasteiger partial charge >= 0.3 is 5.97 Å². The molecule has 0 saturated heterocycles. The van der Waals surface area contributed by atoms with E-state index in [-0.39, 0.29) is 0 Å². The summed E-state index contributed by atoms with van der Waals surface area (Å²) in [7, 11) is 0. The summed E-state index contributed by atoms with van der Waals surface area (Å²) in [5.41, 5.74) is 2.35. The van der Waals surface area contributed by atoms with Crippen LogP contribution in [-0.4, -0.2) is 11.1 Å². The number of aliphatic carboxylic acids is 1. The average Bonchev–Trinajstić information content (AvgIpc) is 2.42. The largest absolute Gasteiger partial charge is 0.481 e. The molecule has 0 amide bonds. The molecule has 0 radical (unpaired) electrons. The van der Waals surface area contributed by atoms with Crippen molar-refractivity contribution in [2.24, 2.45) is 0 Å². The number of benzene rings is 1. The number of hydrogen-bond donors (Lipinski definition) is 1. The predicted molar refractivity (Wildman–Crippen MR) is 82.6 cm³/mol. The van der Waals surface area contributed by atoms with Gasteiger partial charge in [0.2, 0.25) is 0 Å². The van der Waals surface area contributed by atoms with E-state index in [1.165, 1.54) is 18.4 Å². The smallest absolute Gasteiger partial charge is 0.303 e. The molecular formula is C18H24O2. The van der Waals surface area contributed by atoms with E-state index in [0.717, 1.165) is 37.7 Å². The van der Waals surface area contributed by atoms with Gasteiger partial charge in [-0.05, 0) is 31.9 Å². The van der Waals surface area contributed by atoms with Crippen LogP contribution in [0.2, 0.25) is 0 Å². The van der Waals surface area contributed by atoms with E-state index in [0.29, 0.717) is 6.42 Å². The van der Waals surface area contributed by atoms with Crippen molar-refractivity contribution >= 4 is 5.97 Å². The molecule has 1 aromatic carbocycles. The van der Waals surface area contributed by atoms with Crippen LogP contribution < -0.4 is 0 Å². The van der Waals surface area contributed by atoms with Gasteiger partial charge in [0, 0.05) is 18.4 Å². The number of aryl methyl sites for hydroxylation is 1. The van der Waals surface area contributed by atoms with Crippen molar-refractivity contribution in [2.75, 3.05) is 0 Å². The van der Waals surface area contributed by atoms with Gasteiger partial charge in [-0.3, -0.25) is 4.79 Å². The highest BCUT2D eigenvalue weighted by Crippen LogP contribution is 2.08. The first-order valence-electron chi connectivity index (χ1n) is 7.46. The topological polar surface area (TPSA) is 37.3 Å². The van der Waals surface area contributed by atoms with Crippen LogP contribution in [0.5, 0.6) is 0 Å². The second kappa shape index (κ2) is 10.1. The third kappa shape index (κ3) is 8.37. The van der Waals surface area contributed by atoms with Gasteiger partial charge in [0.25, 0.3) is 0 Å². The Balaban J connectivity index is 2.00. The van der Waals surface area contributed by atoms with Gasteiger partial charge in [-0.15, -0.1) is 0 Å². The lowest BCUT2D eigenvalue weighted by molar-refractivity contribution is -0.137. The van der Waals surface area contributed by atoms with Crippen LogP contribution >= 0.6 is 0 Å². The third-order valence-corrected chi connectivity index (χ3v) is 3.23. The summed E-state index contributed by atoms with van der Waals surface area (Å²) >= 11 is 0. The lowest BCUT2D eigenvalue weighted by Crippen LogP contribution is -1.93. The molecule has 0 fully saturated rings. The van der Waals surface area contributed by atoms with Gasteiger partial charge in [0.15, 0.2) is 0 Å². The fourth-order valence-corrected chi connectivity index (χ4v) is 2.00. The Morgan fingerprint density at radius 3 is 2.25 bits per heavy atom. The highest BCUT2D eigenvalue weighted by atomic mass is 16.4. The van der Waals surface area contributed by atoms with E-state index in [9.17, 15) is 4.79 Å². The van der Waals surface area contributed by atoms with E-state index >= 15 is 0 Å². The minimum Gasteiger partial charge on any atom is -0.481 e. The molecule has 0 aromatic heterocycles. The molecule has 0 saturated carbocycles. The molecule has 20 heavy (non-hydrogen) atoms. The van der Waals surface area contributed by atoms with E-state index in [2.05, 4.69) is 43.0 Å². The summed E-state index contributed by atoms with van der Waals surface area (Å²) in [6.07, 6.45) is 7.74. The zero-order valence-electron chi connectivity index (χ0n) is 12.3. The zero-order valence-corrected chi connectivity index (χ0v) is 12.3. The number of carbonyl (C=O) groups is 1. The molecule has 0 heterocycles. The van der Waals surface area contributed by atoms with Gasteiger partial charge < -0.3 is 5.11 Å². The minimum atomic E-state index is -0.684. The maximum absolute atomic E-state index is 10.3. The highest BCUT2D eigenvalue weighted by Gasteiger charge is 1.96. The molecular weight excluding hydrogens is 248 g/mol. The van der Waals surface area contributed by atoms with Crippen LogP contribution in [0.3, 0.4) is 0 Å². The van der Waals surface area contributed by atoms with Crippen LogP contribution in [0.25, 0.3) is 0 Å². The van der Waals surface area contributed by atoms with Crippen molar-refractivity contribution in [1.82, 2.24) is 0 Å². The Labute approximate surface area is 122 Å². The summed E-state index contributed by atoms with van der Waals surface area (Å²) in [6.45, 7) is 2.08. The molecule has 0 unspecified atom stereocenters. The Morgan fingerprint density at radius 2 is 1.60 bits per heavy atom. The quantitative estimate of drug-likeness (QED) is 0.556. The predicted octanol–water partition coefficient (Wildman–Crippen LogP) is 4.55. The SMILES string of the molecule is Cc1ccc(C#CCCCCCCCCC(=O)O)cc1. The maximum Gasteiger partial charge on any atom is 0.303 e. The van der Waals surface area contributed by atoms with Gasteiger partial charge in [-0.1, -0.05) is 55.2 Å². The van der Waals surface area contributed by atoms with Crippen molar-refractivity contribution in [1.29, 1.82) is 0 Å². The van der Waals surface area contributed by atoms with E-state index in [1.807, 2.05) is 0 Å². The zero-order chi connectivity index (χ0) is 14.6. The van der Waals surface area contributed by atoms with Crippen LogP contribution in [0.1, 0.15) is 62.5 Å². The molecule has 108 valence electrons. The standard InChI is InChI=1S/C18H24O2/c1-16-12-14-17(15-13-16)10-8-6-4-2-3-5-7-9-11-18(19)20/h12-15H,2-7,9,11H2,1H3,(H,19,20). The lowest BCUT2D eigenvalue weighted by Gasteiger charge is -1.98. The Morgan fingerprint density at radius 1 is 1.00 bits per heavy atom. The number of carboxylic acid groups (broad SMARTS) is 1. The fourth-order valence-electron chi connectivity index (χ4n) is 2.00. The van der Waals surface area contributed by atoms with Crippen molar-refractivity contribution < 1.29 is 9.90 Å². The average molecular weight is 272 g/mol. The minimum absolute atomic E-state index is 0.308. The van der Waals surface area contributed by atoms with Gasteiger partial charge in [-0.2, -0.15) is 0 Å². The summed E-state index contributed by atoms with van der Waals surface area (Å²) in [5, 5.41) is 8.51. The Kier molecular flexibility index (Phi) is 8.22. The molecule has 1 aromatic rings. The number of rotatable bonds is 8. The molecule has 0 spiro atoms. The number of carboxylic acids is 1. The van der Waals surface area contributed by atoms with Gasteiger partial charge in [0.05, 0.1) is 0 Å². The monoisotopic (exact) mass is 272 g/mol. The molecule has 0 aliphatic carbocycles. The van der Waals surface area contributed by atoms with Crippen molar-refractivity contribution in [3.63, 3.8) is 0 Å². The van der Waals surface area contributed by atoms with Crippen LogP contribution in [0, 0.1) is 18.8 Å². The first kappa shape index (κ1) is 16.3. The molecule has 2 heteroatoms. The molecule has 1 N–H and O–H groups in total. The summed E-state index contributed by atoms with van der Waals surface area (Å²) in [4.78, 5) is 10.3. The Hall–Kier alpha value is -1.75. The molecule has 0 aliphatic heterocycles.